The van der Waals surface area contributed by atoms with E-state index in [9.17, 15) is 9.59 Å². The van der Waals surface area contributed by atoms with Gasteiger partial charge in [-0.2, -0.15) is 0 Å². The van der Waals surface area contributed by atoms with Gasteiger partial charge in [-0.05, 0) is 36.8 Å². The van der Waals surface area contributed by atoms with Gasteiger partial charge in [0, 0.05) is 16.4 Å². The second-order valence-corrected chi connectivity index (χ2v) is 4.69. The molecule has 0 aliphatic heterocycles. The lowest BCUT2D eigenvalue weighted by Crippen LogP contribution is -2.24. The van der Waals surface area contributed by atoms with E-state index in [1.165, 1.54) is 10.6 Å². The quantitative estimate of drug-likeness (QED) is 0.927. The molecule has 5 heteroatoms. The number of pyridine rings is 1. The van der Waals surface area contributed by atoms with Crippen LogP contribution >= 0.6 is 15.9 Å². The Balaban J connectivity index is 2.65. The van der Waals surface area contributed by atoms with Crippen LogP contribution in [0.25, 0.3) is 5.69 Å². The minimum absolute atomic E-state index is 0.241. The highest BCUT2D eigenvalue weighted by Crippen LogP contribution is 2.19. The molecule has 0 aliphatic carbocycles. The zero-order chi connectivity index (χ0) is 13.3. The van der Waals surface area contributed by atoms with Crippen LogP contribution in [-0.2, 0) is 0 Å². The molecule has 1 N–H and O–H groups in total. The molecule has 0 fully saturated rings. The van der Waals surface area contributed by atoms with Gasteiger partial charge in [0.15, 0.2) is 0 Å². The van der Waals surface area contributed by atoms with Gasteiger partial charge in [-0.15, -0.1) is 0 Å². The van der Waals surface area contributed by atoms with Crippen molar-refractivity contribution < 1.29 is 9.90 Å². The SMILES string of the molecule is Cc1ccc(-n2cccc(C(=O)O)c2=O)cc1Br. The molecule has 0 spiro atoms. The molecule has 0 atom stereocenters. The number of carboxylic acid groups (broad SMARTS) is 1. The summed E-state index contributed by atoms with van der Waals surface area (Å²) in [5.74, 6) is -1.22. The molecular formula is C13H10BrNO3. The molecule has 4 nitrogen and oxygen atoms in total. The van der Waals surface area contributed by atoms with Crippen LogP contribution < -0.4 is 5.56 Å². The Bertz CT molecular complexity index is 676. The van der Waals surface area contributed by atoms with E-state index in [0.717, 1.165) is 10.0 Å². The number of aromatic nitrogens is 1. The van der Waals surface area contributed by atoms with E-state index < -0.39 is 11.5 Å². The van der Waals surface area contributed by atoms with Crippen molar-refractivity contribution >= 4 is 21.9 Å². The van der Waals surface area contributed by atoms with Gasteiger partial charge in [-0.3, -0.25) is 9.36 Å². The second-order valence-electron chi connectivity index (χ2n) is 3.84. The summed E-state index contributed by atoms with van der Waals surface area (Å²) < 4.78 is 2.18. The van der Waals surface area contributed by atoms with Crippen LogP contribution in [0, 0.1) is 6.92 Å². The van der Waals surface area contributed by atoms with Crippen molar-refractivity contribution in [2.45, 2.75) is 6.92 Å². The summed E-state index contributed by atoms with van der Waals surface area (Å²) in [6, 6.07) is 8.25. The predicted molar refractivity (Wildman–Crippen MR) is 71.4 cm³/mol. The molecule has 0 aliphatic rings. The number of aryl methyl sites for hydroxylation is 1. The smallest absolute Gasteiger partial charge is 0.341 e. The van der Waals surface area contributed by atoms with Gasteiger partial charge in [-0.1, -0.05) is 22.0 Å². The predicted octanol–water partition coefficient (Wildman–Crippen LogP) is 2.61. The Morgan fingerprint density at radius 3 is 2.67 bits per heavy atom. The van der Waals surface area contributed by atoms with E-state index in [2.05, 4.69) is 15.9 Å². The number of carboxylic acids is 1. The topological polar surface area (TPSA) is 59.3 Å². The van der Waals surface area contributed by atoms with Crippen molar-refractivity contribution in [3.05, 3.63) is 62.5 Å². The van der Waals surface area contributed by atoms with E-state index in [-0.39, 0.29) is 5.56 Å². The first-order valence-electron chi connectivity index (χ1n) is 5.22. The van der Waals surface area contributed by atoms with Gasteiger partial charge < -0.3 is 5.11 Å². The number of aromatic carboxylic acids is 1. The molecule has 1 aromatic heterocycles. The zero-order valence-corrected chi connectivity index (χ0v) is 11.1. The number of carbonyl (C=O) groups is 1. The fourth-order valence-corrected chi connectivity index (χ4v) is 1.96. The highest BCUT2D eigenvalue weighted by Gasteiger charge is 2.11. The molecule has 0 amide bonds. The second kappa shape index (κ2) is 4.78. The lowest BCUT2D eigenvalue weighted by atomic mass is 10.2. The highest BCUT2D eigenvalue weighted by atomic mass is 79.9. The maximum atomic E-state index is 12.0. The number of hydrogen-bond acceptors (Lipinski definition) is 2. The largest absolute Gasteiger partial charge is 0.477 e. The van der Waals surface area contributed by atoms with E-state index in [4.69, 9.17) is 5.11 Å². The first-order chi connectivity index (χ1) is 8.50. The fraction of sp³-hybridized carbons (Fsp3) is 0.0769. The van der Waals surface area contributed by atoms with Crippen molar-refractivity contribution in [2.75, 3.05) is 0 Å². The minimum Gasteiger partial charge on any atom is -0.477 e. The van der Waals surface area contributed by atoms with Crippen molar-refractivity contribution in [2.24, 2.45) is 0 Å². The van der Waals surface area contributed by atoms with Gasteiger partial charge in [0.05, 0.1) is 0 Å². The van der Waals surface area contributed by atoms with Gasteiger partial charge in [-0.25, -0.2) is 4.79 Å². The van der Waals surface area contributed by atoms with Gasteiger partial charge >= 0.3 is 5.97 Å². The Morgan fingerprint density at radius 2 is 2.06 bits per heavy atom. The number of halogens is 1. The van der Waals surface area contributed by atoms with E-state index >= 15 is 0 Å². The van der Waals surface area contributed by atoms with Crippen LogP contribution in [0.1, 0.15) is 15.9 Å². The molecule has 0 saturated heterocycles. The average molecular weight is 308 g/mol. The van der Waals surface area contributed by atoms with Crippen LogP contribution in [0.15, 0.2) is 45.8 Å². The summed E-state index contributed by atoms with van der Waals surface area (Å²) in [7, 11) is 0. The molecule has 18 heavy (non-hydrogen) atoms. The van der Waals surface area contributed by atoms with Gasteiger partial charge in [0.2, 0.25) is 0 Å². The third-order valence-corrected chi connectivity index (χ3v) is 3.47. The molecule has 92 valence electrons. The first kappa shape index (κ1) is 12.6. The van der Waals surface area contributed by atoms with Crippen molar-refractivity contribution in [3.63, 3.8) is 0 Å². The van der Waals surface area contributed by atoms with Crippen molar-refractivity contribution in [3.8, 4) is 5.69 Å². The number of nitrogens with zero attached hydrogens (tertiary/aromatic N) is 1. The maximum Gasteiger partial charge on any atom is 0.341 e. The normalized spacial score (nSPS) is 10.3. The molecule has 2 rings (SSSR count). The summed E-state index contributed by atoms with van der Waals surface area (Å²) in [4.78, 5) is 22.9. The third kappa shape index (κ3) is 2.22. The van der Waals surface area contributed by atoms with Crippen molar-refractivity contribution in [1.82, 2.24) is 4.57 Å². The third-order valence-electron chi connectivity index (χ3n) is 2.61. The number of benzene rings is 1. The summed E-state index contributed by atoms with van der Waals surface area (Å²) >= 11 is 3.38. The number of hydrogen-bond donors (Lipinski definition) is 1. The van der Waals surface area contributed by atoms with E-state index in [1.807, 2.05) is 13.0 Å². The summed E-state index contributed by atoms with van der Waals surface area (Å²) in [6.07, 6.45) is 1.55. The summed E-state index contributed by atoms with van der Waals surface area (Å²) in [5.41, 5.74) is 0.886. The standard InChI is InChI=1S/C13H10BrNO3/c1-8-4-5-9(7-11(8)14)15-6-2-3-10(12(15)16)13(17)18/h2-7H,1H3,(H,17,18). The Labute approximate surface area is 112 Å². The van der Waals surface area contributed by atoms with Crippen LogP contribution in [-0.4, -0.2) is 15.6 Å². The van der Waals surface area contributed by atoms with Crippen LogP contribution in [0.5, 0.6) is 0 Å². The molecule has 0 saturated carbocycles. The van der Waals surface area contributed by atoms with E-state index in [1.54, 1.807) is 24.4 Å². The summed E-state index contributed by atoms with van der Waals surface area (Å²) in [5, 5.41) is 8.91. The summed E-state index contributed by atoms with van der Waals surface area (Å²) in [6.45, 7) is 1.93. The van der Waals surface area contributed by atoms with Crippen LogP contribution in [0.2, 0.25) is 0 Å². The lowest BCUT2D eigenvalue weighted by molar-refractivity contribution is 0.0694. The van der Waals surface area contributed by atoms with Gasteiger partial charge in [0.25, 0.3) is 5.56 Å². The lowest BCUT2D eigenvalue weighted by Gasteiger charge is -2.08. The minimum atomic E-state index is -1.22. The molecular weight excluding hydrogens is 298 g/mol. The van der Waals surface area contributed by atoms with Crippen LogP contribution in [0.4, 0.5) is 0 Å². The van der Waals surface area contributed by atoms with Crippen LogP contribution in [0.3, 0.4) is 0 Å². The molecule has 1 aromatic carbocycles. The Morgan fingerprint density at radius 1 is 1.33 bits per heavy atom. The highest BCUT2D eigenvalue weighted by molar-refractivity contribution is 9.10. The Hall–Kier alpha value is -1.88. The van der Waals surface area contributed by atoms with Gasteiger partial charge in [0.1, 0.15) is 5.56 Å². The monoisotopic (exact) mass is 307 g/mol. The molecule has 0 unspecified atom stereocenters. The fourth-order valence-electron chi connectivity index (χ4n) is 1.59. The maximum absolute atomic E-state index is 12.0. The molecule has 1 heterocycles. The van der Waals surface area contributed by atoms with Crippen molar-refractivity contribution in [1.29, 1.82) is 0 Å². The van der Waals surface area contributed by atoms with E-state index in [0.29, 0.717) is 5.69 Å². The average Bonchev–Trinajstić information content (AvgIpc) is 2.33. The number of rotatable bonds is 2. The Kier molecular flexibility index (Phi) is 3.34. The molecule has 2 aromatic rings. The molecule has 0 bridgehead atoms. The first-order valence-corrected chi connectivity index (χ1v) is 6.01. The zero-order valence-electron chi connectivity index (χ0n) is 9.55. The molecule has 0 radical (unpaired) electrons.